The molecule has 1 aliphatic carbocycles. The minimum Gasteiger partial charge on any atom is -0.293 e. The molecule has 0 aromatic carbocycles. The van der Waals surface area contributed by atoms with Crippen LogP contribution in [0.15, 0.2) is 23.8 Å². The third kappa shape index (κ3) is 1.70. The predicted octanol–water partition coefficient (Wildman–Crippen LogP) is 2.24. The number of rotatable bonds is 1. The molecule has 0 saturated carbocycles. The summed E-state index contributed by atoms with van der Waals surface area (Å²) in [7, 11) is 0. The predicted molar refractivity (Wildman–Crippen MR) is 50.8 cm³/mol. The zero-order valence-electron chi connectivity index (χ0n) is 8.00. The second-order valence-electron chi connectivity index (χ2n) is 3.55. The van der Waals surface area contributed by atoms with Gasteiger partial charge in [-0.3, -0.25) is 4.79 Å². The van der Waals surface area contributed by atoms with Crippen LogP contribution < -0.4 is 0 Å². The van der Waals surface area contributed by atoms with Crippen LogP contribution in [0, 0.1) is 23.2 Å². The fraction of sp³-hybridized carbons (Fsp3) is 0.455. The summed E-state index contributed by atoms with van der Waals surface area (Å²) in [4.78, 5) is 11.5. The van der Waals surface area contributed by atoms with Gasteiger partial charge in [-0.1, -0.05) is 18.2 Å². The molecule has 0 aliphatic heterocycles. The Kier molecular flexibility index (Phi) is 2.67. The van der Waals surface area contributed by atoms with Gasteiger partial charge in [-0.05, 0) is 25.8 Å². The summed E-state index contributed by atoms with van der Waals surface area (Å²) < 4.78 is 0. The molecule has 2 nitrogen and oxygen atoms in total. The fourth-order valence-electron chi connectivity index (χ4n) is 1.60. The van der Waals surface area contributed by atoms with Gasteiger partial charge < -0.3 is 0 Å². The van der Waals surface area contributed by atoms with Crippen LogP contribution in [0.5, 0.6) is 0 Å². The normalized spacial score (nSPS) is 27.8. The molecule has 0 N–H and O–H groups in total. The molecule has 68 valence electrons. The van der Waals surface area contributed by atoms with E-state index in [1.54, 1.807) is 6.92 Å². The topological polar surface area (TPSA) is 40.9 Å². The second kappa shape index (κ2) is 3.57. The maximum Gasteiger partial charge on any atom is 0.175 e. The van der Waals surface area contributed by atoms with Crippen molar-refractivity contribution in [2.24, 2.45) is 11.8 Å². The summed E-state index contributed by atoms with van der Waals surface area (Å²) in [5.74, 6) is -0.537. The van der Waals surface area contributed by atoms with E-state index in [1.165, 1.54) is 0 Å². The molecular weight excluding hydrogens is 162 g/mol. The van der Waals surface area contributed by atoms with Gasteiger partial charge in [0.2, 0.25) is 0 Å². The summed E-state index contributed by atoms with van der Waals surface area (Å²) in [6, 6.07) is 2.06. The van der Waals surface area contributed by atoms with E-state index in [1.807, 2.05) is 13.0 Å². The summed E-state index contributed by atoms with van der Waals surface area (Å²) in [5.41, 5.74) is 1.63. The van der Waals surface area contributed by atoms with Crippen LogP contribution in [-0.2, 0) is 4.79 Å². The molecule has 0 heterocycles. The minimum absolute atomic E-state index is 0.0150. The van der Waals surface area contributed by atoms with Crippen LogP contribution >= 0.6 is 0 Å². The third-order valence-corrected chi connectivity index (χ3v) is 2.52. The van der Waals surface area contributed by atoms with Crippen molar-refractivity contribution in [3.63, 3.8) is 0 Å². The lowest BCUT2D eigenvalue weighted by Gasteiger charge is -2.24. The average Bonchev–Trinajstić information content (AvgIpc) is 2.09. The molecule has 13 heavy (non-hydrogen) atoms. The van der Waals surface area contributed by atoms with Gasteiger partial charge in [-0.15, -0.1) is 0 Å². The number of carbonyl (C=O) groups is 1. The molecule has 0 unspecified atom stereocenters. The first-order chi connectivity index (χ1) is 6.07. The molecule has 0 saturated heterocycles. The Morgan fingerprint density at radius 2 is 2.38 bits per heavy atom. The summed E-state index contributed by atoms with van der Waals surface area (Å²) in [5, 5.41) is 8.86. The van der Waals surface area contributed by atoms with Gasteiger partial charge in [0, 0.05) is 5.92 Å². The van der Waals surface area contributed by atoms with Gasteiger partial charge in [-0.2, -0.15) is 5.26 Å². The Labute approximate surface area is 78.6 Å². The van der Waals surface area contributed by atoms with Crippen molar-refractivity contribution >= 4 is 5.78 Å². The van der Waals surface area contributed by atoms with Crippen molar-refractivity contribution < 1.29 is 4.79 Å². The number of Topliss-reactive ketones (excluding diaryl/α,β-unsaturated/α-hetero) is 1. The number of nitrogens with zero attached hydrogens (tertiary/aromatic N) is 1. The highest BCUT2D eigenvalue weighted by Gasteiger charge is 2.32. The van der Waals surface area contributed by atoms with E-state index in [2.05, 4.69) is 12.6 Å². The quantitative estimate of drug-likeness (QED) is 0.573. The summed E-state index contributed by atoms with van der Waals surface area (Å²) >= 11 is 0. The molecule has 0 spiro atoms. The standard InChI is InChI=1S/C11H13NO/c1-7(2)9-5-4-8(3)11(13)10(9)6-12/h4,9-10H,1,5H2,2-3H3/t9-,10-/m0/s1. The maximum atomic E-state index is 11.5. The SMILES string of the molecule is C=C(C)[C@@H]1CC=C(C)C(=O)[C@H]1C#N. The van der Waals surface area contributed by atoms with Crippen LogP contribution in [0.3, 0.4) is 0 Å². The molecule has 0 radical (unpaired) electrons. The fourth-order valence-corrected chi connectivity index (χ4v) is 1.60. The number of hydrogen-bond donors (Lipinski definition) is 0. The first-order valence-electron chi connectivity index (χ1n) is 4.34. The molecule has 0 fully saturated rings. The van der Waals surface area contributed by atoms with Gasteiger partial charge in [-0.25, -0.2) is 0 Å². The van der Waals surface area contributed by atoms with Crippen LogP contribution in [0.4, 0.5) is 0 Å². The average molecular weight is 175 g/mol. The van der Waals surface area contributed by atoms with Crippen LogP contribution in [-0.4, -0.2) is 5.78 Å². The van der Waals surface area contributed by atoms with E-state index in [-0.39, 0.29) is 11.7 Å². The lowest BCUT2D eigenvalue weighted by Crippen LogP contribution is -2.27. The van der Waals surface area contributed by atoms with E-state index in [9.17, 15) is 4.79 Å². The van der Waals surface area contributed by atoms with Crippen molar-refractivity contribution in [3.05, 3.63) is 23.8 Å². The molecule has 0 aromatic rings. The summed E-state index contributed by atoms with van der Waals surface area (Å²) in [6.07, 6.45) is 2.67. The van der Waals surface area contributed by atoms with Crippen molar-refractivity contribution in [2.45, 2.75) is 20.3 Å². The monoisotopic (exact) mass is 175 g/mol. The van der Waals surface area contributed by atoms with Crippen LogP contribution in [0.25, 0.3) is 0 Å². The van der Waals surface area contributed by atoms with Crippen molar-refractivity contribution in [1.82, 2.24) is 0 Å². The lowest BCUT2D eigenvalue weighted by molar-refractivity contribution is -0.119. The Morgan fingerprint density at radius 3 is 2.85 bits per heavy atom. The molecule has 0 aromatic heterocycles. The second-order valence-corrected chi connectivity index (χ2v) is 3.55. The Hall–Kier alpha value is -1.36. The van der Waals surface area contributed by atoms with E-state index in [0.717, 1.165) is 12.0 Å². The first-order valence-corrected chi connectivity index (χ1v) is 4.34. The molecular formula is C11H13NO. The Morgan fingerprint density at radius 1 is 1.77 bits per heavy atom. The third-order valence-electron chi connectivity index (χ3n) is 2.52. The summed E-state index contributed by atoms with van der Waals surface area (Å²) in [6.45, 7) is 7.44. The van der Waals surface area contributed by atoms with E-state index >= 15 is 0 Å². The molecule has 1 rings (SSSR count). The molecule has 2 atom stereocenters. The highest BCUT2D eigenvalue weighted by Crippen LogP contribution is 2.30. The maximum absolute atomic E-state index is 11.5. The van der Waals surface area contributed by atoms with Crippen LogP contribution in [0.2, 0.25) is 0 Å². The molecule has 2 heteroatoms. The van der Waals surface area contributed by atoms with Gasteiger partial charge in [0.05, 0.1) is 6.07 Å². The zero-order chi connectivity index (χ0) is 10.0. The van der Waals surface area contributed by atoms with E-state index < -0.39 is 5.92 Å². The largest absolute Gasteiger partial charge is 0.293 e. The van der Waals surface area contributed by atoms with Gasteiger partial charge in [0.25, 0.3) is 0 Å². The lowest BCUT2D eigenvalue weighted by atomic mass is 9.77. The smallest absolute Gasteiger partial charge is 0.175 e. The Balaban J connectivity index is 3.00. The molecule has 1 aliphatic rings. The number of allylic oxidation sites excluding steroid dienone is 3. The van der Waals surface area contributed by atoms with Gasteiger partial charge in [0.1, 0.15) is 5.92 Å². The van der Waals surface area contributed by atoms with Gasteiger partial charge in [0.15, 0.2) is 5.78 Å². The molecule has 0 bridgehead atoms. The zero-order valence-corrected chi connectivity index (χ0v) is 8.00. The first kappa shape index (κ1) is 9.73. The van der Waals surface area contributed by atoms with Gasteiger partial charge >= 0.3 is 0 Å². The van der Waals surface area contributed by atoms with Crippen molar-refractivity contribution in [1.29, 1.82) is 5.26 Å². The van der Waals surface area contributed by atoms with Crippen molar-refractivity contribution in [3.8, 4) is 6.07 Å². The highest BCUT2D eigenvalue weighted by molar-refractivity contribution is 5.99. The number of carbonyl (C=O) groups excluding carboxylic acids is 1. The number of hydrogen-bond acceptors (Lipinski definition) is 2. The highest BCUT2D eigenvalue weighted by atomic mass is 16.1. The van der Waals surface area contributed by atoms with E-state index in [0.29, 0.717) is 5.57 Å². The number of ketones is 1. The minimum atomic E-state index is -0.512. The van der Waals surface area contributed by atoms with E-state index in [4.69, 9.17) is 5.26 Å². The Bertz CT molecular complexity index is 319. The van der Waals surface area contributed by atoms with Crippen molar-refractivity contribution in [2.75, 3.05) is 0 Å². The number of nitriles is 1. The van der Waals surface area contributed by atoms with Crippen LogP contribution in [0.1, 0.15) is 20.3 Å². The molecule has 0 amide bonds.